The number of anilines is 3. The number of nitrogens with zero attached hydrogens (tertiary/aromatic N) is 4. The van der Waals surface area contributed by atoms with E-state index in [9.17, 15) is 19.2 Å². The lowest BCUT2D eigenvalue weighted by atomic mass is 9.82. The van der Waals surface area contributed by atoms with Crippen molar-refractivity contribution < 1.29 is 28.7 Å². The number of allylic oxidation sites excluding steroid dienone is 1. The van der Waals surface area contributed by atoms with Crippen molar-refractivity contribution in [1.82, 2.24) is 15.6 Å². The molecule has 13 nitrogen and oxygen atoms in total. The van der Waals surface area contributed by atoms with E-state index in [1.807, 2.05) is 98.0 Å². The molecule has 13 heteroatoms. The molecule has 4 heterocycles. The van der Waals surface area contributed by atoms with Crippen LogP contribution in [0.5, 0.6) is 11.6 Å². The molecule has 0 bridgehead atoms. The highest BCUT2D eigenvalue weighted by molar-refractivity contribution is 6.05. The molecule has 2 unspecified atom stereocenters. The fourth-order valence-electron chi connectivity index (χ4n) is 9.21. The fraction of sp³-hybridized carbons (Fsp3) is 0.548. The molecule has 3 fully saturated rings. The highest BCUT2D eigenvalue weighted by Gasteiger charge is 2.34. The zero-order valence-corrected chi connectivity index (χ0v) is 48.2. The molecular formula is C62H93N7O6. The zero-order chi connectivity index (χ0) is 55.7. The number of carbonyl (C=O) groups excluding carboxylic acids is 4. The van der Waals surface area contributed by atoms with Crippen LogP contribution in [0, 0.1) is 31.6 Å². The number of piperidine rings is 2. The van der Waals surface area contributed by atoms with Crippen molar-refractivity contribution in [2.24, 2.45) is 22.7 Å². The molecule has 0 saturated carbocycles. The third kappa shape index (κ3) is 19.4. The van der Waals surface area contributed by atoms with Crippen molar-refractivity contribution in [3.05, 3.63) is 102 Å². The number of ether oxygens (including phenoxy) is 2. The van der Waals surface area contributed by atoms with Gasteiger partial charge in [-0.1, -0.05) is 125 Å². The number of benzene rings is 2. The lowest BCUT2D eigenvalue weighted by Crippen LogP contribution is -2.50. The van der Waals surface area contributed by atoms with Gasteiger partial charge in [0.05, 0.1) is 36.6 Å². The Labute approximate surface area is 451 Å². The van der Waals surface area contributed by atoms with E-state index in [-0.39, 0.29) is 30.1 Å². The number of aromatic nitrogens is 1. The largest absolute Gasteiger partial charge is 0.482 e. The molecule has 3 N–H and O–H groups in total. The number of hydrogen-bond donors (Lipinski definition) is 3. The molecule has 6 rings (SSSR count). The zero-order valence-electron chi connectivity index (χ0n) is 48.2. The first-order valence-electron chi connectivity index (χ1n) is 27.9. The van der Waals surface area contributed by atoms with Crippen LogP contribution in [0.4, 0.5) is 17.1 Å². The van der Waals surface area contributed by atoms with Gasteiger partial charge < -0.3 is 29.9 Å². The number of nitrogens with one attached hydrogen (secondary N) is 3. The maximum absolute atomic E-state index is 13.0. The summed E-state index contributed by atoms with van der Waals surface area (Å²) in [5, 5.41) is 8.44. The van der Waals surface area contributed by atoms with E-state index in [2.05, 4.69) is 90.7 Å². The number of imide groups is 1. The normalized spacial score (nSPS) is 16.9. The van der Waals surface area contributed by atoms with E-state index >= 15 is 0 Å². The second-order valence-corrected chi connectivity index (χ2v) is 20.3. The summed E-state index contributed by atoms with van der Waals surface area (Å²) >= 11 is 0. The summed E-state index contributed by atoms with van der Waals surface area (Å²) < 4.78 is 12.3. The molecule has 2 aromatic carbocycles. The summed E-state index contributed by atoms with van der Waals surface area (Å²) in [5.41, 5.74) is 9.41. The highest BCUT2D eigenvalue weighted by Crippen LogP contribution is 2.40. The van der Waals surface area contributed by atoms with Crippen LogP contribution in [0.3, 0.4) is 0 Å². The van der Waals surface area contributed by atoms with Crippen molar-refractivity contribution >= 4 is 52.4 Å². The molecule has 412 valence electrons. The van der Waals surface area contributed by atoms with Gasteiger partial charge in [-0.2, -0.15) is 0 Å². The molecule has 75 heavy (non-hydrogen) atoms. The minimum atomic E-state index is -0.480. The van der Waals surface area contributed by atoms with E-state index in [0.717, 1.165) is 96.7 Å². The molecule has 0 spiro atoms. The number of pyridine rings is 1. The summed E-state index contributed by atoms with van der Waals surface area (Å²) in [7, 11) is 0. The van der Waals surface area contributed by atoms with Crippen LogP contribution in [0.1, 0.15) is 163 Å². The fourth-order valence-corrected chi connectivity index (χ4v) is 9.21. The Bertz CT molecular complexity index is 2390. The van der Waals surface area contributed by atoms with Gasteiger partial charge in [-0.3, -0.25) is 24.5 Å². The Morgan fingerprint density at radius 1 is 0.947 bits per heavy atom. The summed E-state index contributed by atoms with van der Waals surface area (Å²) in [4.78, 5) is 62.3. The second kappa shape index (κ2) is 32.3. The number of Topliss-reactive ketones (excluding diaryl/α,β-unsaturated/α-hetero) is 1. The Morgan fingerprint density at radius 2 is 1.64 bits per heavy atom. The predicted molar refractivity (Wildman–Crippen MR) is 312 cm³/mol. The standard InChI is InChI=1S/C54H71N7O6.C4H10.2C2H6/c1-10-14-41-25-27-60(49-30-56-53(66-28-26-55-34-62)51(38(49)5)67-54(7,8)9)33-47(41)58-39(6)57-43-21-19-40(20-22-43)29-44(63)16-12-11-15-35(2)42-31-61(32-42)48-18-13-17-45(37(48)4)36(3)46-23-24-50(64)59-52(46)65;1-3-4-2;2*1-2/h13-14,17-22,30,34-35,42,46,57H,3,6,10-12,15-16,23-29,31-33H2,1-2,4-5,7-9H3,(H,55,62)(H,59,64,65);3-4H2,1-2H3;2*1-2H3/b41-14-,58-47-;;;. The van der Waals surface area contributed by atoms with E-state index in [1.54, 1.807) is 0 Å². The van der Waals surface area contributed by atoms with Gasteiger partial charge in [0.25, 0.3) is 5.88 Å². The van der Waals surface area contributed by atoms with Crippen molar-refractivity contribution in [2.75, 3.05) is 54.4 Å². The van der Waals surface area contributed by atoms with Crippen LogP contribution in [0.25, 0.3) is 5.57 Å². The Morgan fingerprint density at radius 3 is 2.27 bits per heavy atom. The monoisotopic (exact) mass is 1030 g/mol. The number of rotatable bonds is 23. The summed E-state index contributed by atoms with van der Waals surface area (Å²) in [6.45, 7) is 39.4. The molecule has 3 aliphatic rings. The van der Waals surface area contributed by atoms with E-state index < -0.39 is 5.60 Å². The average Bonchev–Trinajstić information content (AvgIpc) is 3.37. The van der Waals surface area contributed by atoms with Gasteiger partial charge in [0.2, 0.25) is 18.2 Å². The number of carbonyl (C=O) groups is 4. The van der Waals surface area contributed by atoms with Crippen molar-refractivity contribution in [2.45, 2.75) is 166 Å². The summed E-state index contributed by atoms with van der Waals surface area (Å²) in [5.74, 6) is 2.06. The Hall–Kier alpha value is -6.24. The molecule has 0 radical (unpaired) electrons. The molecular weight excluding hydrogens is 939 g/mol. The first kappa shape index (κ1) is 63.1. The summed E-state index contributed by atoms with van der Waals surface area (Å²) in [6, 6.07) is 14.2. The van der Waals surface area contributed by atoms with Crippen LogP contribution < -0.4 is 35.2 Å². The van der Waals surface area contributed by atoms with Crippen molar-refractivity contribution in [3.8, 4) is 11.6 Å². The number of amides is 3. The Balaban J connectivity index is 0.00000175. The SMILES string of the molecule is C=C(/N=C1/CN(c2cnc(OCCNC=O)c(OC(C)(C)C)c2C)CC/C1=C/CC)Nc1ccc(CC(=O)CCCCC(C)C2CN(c3cccc(C(=C)C4CCC(=O)NC4=O)c3C)C2)cc1.CC.CC.CCCC. The lowest BCUT2D eigenvalue weighted by molar-refractivity contribution is -0.134. The number of ketones is 1. The number of unbranched alkanes of at least 4 members (excludes halogenated alkanes) is 2. The molecule has 3 amide bonds. The van der Waals surface area contributed by atoms with Crippen molar-refractivity contribution in [3.63, 3.8) is 0 Å². The quantitative estimate of drug-likeness (QED) is 0.0475. The van der Waals surface area contributed by atoms with E-state index in [0.29, 0.717) is 74.5 Å². The van der Waals surface area contributed by atoms with Gasteiger partial charge >= 0.3 is 0 Å². The molecule has 1 aromatic heterocycles. The van der Waals surface area contributed by atoms with Crippen molar-refractivity contribution in [1.29, 1.82) is 0 Å². The summed E-state index contributed by atoms with van der Waals surface area (Å²) in [6.07, 6.45) is 13.9. The smallest absolute Gasteiger partial charge is 0.257 e. The van der Waals surface area contributed by atoms with Gasteiger partial charge in [-0.15, -0.1) is 0 Å². The second-order valence-electron chi connectivity index (χ2n) is 20.3. The molecule has 3 saturated heterocycles. The number of hydrogen-bond acceptors (Lipinski definition) is 11. The lowest BCUT2D eigenvalue weighted by Gasteiger charge is -2.45. The Kier molecular flexibility index (Phi) is 27.1. The first-order valence-corrected chi connectivity index (χ1v) is 27.9. The van der Waals surface area contributed by atoms with E-state index in [1.165, 1.54) is 24.1 Å². The minimum Gasteiger partial charge on any atom is -0.482 e. The van der Waals surface area contributed by atoms with E-state index in [4.69, 9.17) is 14.5 Å². The van der Waals surface area contributed by atoms with Crippen LogP contribution in [-0.4, -0.2) is 79.6 Å². The van der Waals surface area contributed by atoms with Gasteiger partial charge in [-0.05, 0) is 118 Å². The van der Waals surface area contributed by atoms with Gasteiger partial charge in [0, 0.05) is 55.8 Å². The van der Waals surface area contributed by atoms with Crippen LogP contribution >= 0.6 is 0 Å². The third-order valence-electron chi connectivity index (χ3n) is 13.5. The van der Waals surface area contributed by atoms with Crippen LogP contribution in [0.15, 0.2) is 84.3 Å². The number of aliphatic imine (C=N–C) groups is 1. The van der Waals surface area contributed by atoms with Crippen LogP contribution in [-0.2, 0) is 25.6 Å². The molecule has 3 aromatic rings. The molecule has 3 aliphatic heterocycles. The topological polar surface area (TPSA) is 155 Å². The van der Waals surface area contributed by atoms with Gasteiger partial charge in [0.1, 0.15) is 23.8 Å². The predicted octanol–water partition coefficient (Wildman–Crippen LogP) is 12.9. The van der Waals surface area contributed by atoms with Gasteiger partial charge in [0.15, 0.2) is 5.75 Å². The van der Waals surface area contributed by atoms with Crippen LogP contribution in [0.2, 0.25) is 0 Å². The van der Waals surface area contributed by atoms with Gasteiger partial charge in [-0.25, -0.2) is 9.98 Å². The third-order valence-corrected chi connectivity index (χ3v) is 13.5. The minimum absolute atomic E-state index is 0.216. The molecule has 2 atom stereocenters. The average molecular weight is 1030 g/mol. The first-order chi connectivity index (χ1) is 36.0. The maximum Gasteiger partial charge on any atom is 0.257 e. The molecule has 0 aliphatic carbocycles. The maximum atomic E-state index is 13.0. The highest BCUT2D eigenvalue weighted by atomic mass is 16.5.